The maximum atomic E-state index is 10.2. The molecule has 2 N–H and O–H groups in total. The molecule has 1 saturated heterocycles. The third-order valence-corrected chi connectivity index (χ3v) is 4.10. The van der Waals surface area contributed by atoms with Gasteiger partial charge in [-0.15, -0.1) is 0 Å². The Balaban J connectivity index is 1.47. The van der Waals surface area contributed by atoms with Crippen molar-refractivity contribution in [3.8, 4) is 5.75 Å². The number of aliphatic hydroxyl groups is 1. The Bertz CT molecular complexity index is 592. The minimum absolute atomic E-state index is 0.301. The van der Waals surface area contributed by atoms with Gasteiger partial charge in [-0.25, -0.2) is 0 Å². The highest BCUT2D eigenvalue weighted by Crippen LogP contribution is 2.24. The van der Waals surface area contributed by atoms with E-state index in [-0.39, 0.29) is 0 Å². The zero-order valence-corrected chi connectivity index (χ0v) is 13.0. The maximum absolute atomic E-state index is 10.2. The van der Waals surface area contributed by atoms with Gasteiger partial charge < -0.3 is 24.5 Å². The molecular formula is C17H24N2O3. The summed E-state index contributed by atoms with van der Waals surface area (Å²) in [6.45, 7) is 3.58. The Hall–Kier alpha value is -1.56. The Morgan fingerprint density at radius 3 is 3.18 bits per heavy atom. The summed E-state index contributed by atoms with van der Waals surface area (Å²) >= 11 is 0. The number of aliphatic hydroxyl groups excluding tert-OH is 1. The third kappa shape index (κ3) is 3.80. The number of rotatable bonds is 7. The van der Waals surface area contributed by atoms with Gasteiger partial charge in [-0.1, -0.05) is 6.07 Å². The van der Waals surface area contributed by atoms with Crippen molar-refractivity contribution in [2.24, 2.45) is 5.92 Å². The van der Waals surface area contributed by atoms with Crippen molar-refractivity contribution in [3.05, 3.63) is 30.5 Å². The lowest BCUT2D eigenvalue weighted by Gasteiger charge is -2.23. The minimum atomic E-state index is -0.499. The van der Waals surface area contributed by atoms with Gasteiger partial charge in [-0.3, -0.25) is 0 Å². The van der Waals surface area contributed by atoms with Crippen molar-refractivity contribution in [1.82, 2.24) is 9.88 Å². The fourth-order valence-corrected chi connectivity index (χ4v) is 3.02. The summed E-state index contributed by atoms with van der Waals surface area (Å²) in [6, 6.07) is 7.88. The first-order chi connectivity index (χ1) is 10.7. The number of ether oxygens (including phenoxy) is 2. The van der Waals surface area contributed by atoms with Gasteiger partial charge in [0.15, 0.2) is 0 Å². The molecule has 2 unspecified atom stereocenters. The average molecular weight is 304 g/mol. The van der Waals surface area contributed by atoms with Crippen molar-refractivity contribution in [2.75, 3.05) is 40.0 Å². The molecule has 1 fully saturated rings. The van der Waals surface area contributed by atoms with Crippen molar-refractivity contribution >= 4 is 10.9 Å². The van der Waals surface area contributed by atoms with E-state index in [9.17, 15) is 5.11 Å². The van der Waals surface area contributed by atoms with Gasteiger partial charge in [0.25, 0.3) is 0 Å². The second kappa shape index (κ2) is 7.13. The van der Waals surface area contributed by atoms with Crippen LogP contribution >= 0.6 is 0 Å². The van der Waals surface area contributed by atoms with Crippen LogP contribution in [0.2, 0.25) is 0 Å². The first-order valence-corrected chi connectivity index (χ1v) is 7.85. The number of nitrogens with zero attached hydrogens (tertiary/aromatic N) is 1. The third-order valence-electron chi connectivity index (χ3n) is 4.10. The van der Waals surface area contributed by atoms with Crippen LogP contribution in [0.15, 0.2) is 30.5 Å². The van der Waals surface area contributed by atoms with E-state index in [0.29, 0.717) is 19.1 Å². The SMILES string of the molecule is CN(CC(O)COc1cccc2[nH]ccc12)CC1CCOC1. The normalized spacial score (nSPS) is 19.9. The second-order valence-electron chi connectivity index (χ2n) is 6.11. The van der Waals surface area contributed by atoms with Crippen LogP contribution in [-0.4, -0.2) is 61.1 Å². The Morgan fingerprint density at radius 1 is 1.45 bits per heavy atom. The molecular weight excluding hydrogens is 280 g/mol. The molecule has 5 nitrogen and oxygen atoms in total. The quantitative estimate of drug-likeness (QED) is 0.820. The van der Waals surface area contributed by atoms with Crippen molar-refractivity contribution in [1.29, 1.82) is 0 Å². The number of nitrogens with one attached hydrogen (secondary N) is 1. The standard InChI is InChI=1S/C17H24N2O3/c1-19(9-13-6-8-21-11-13)10-14(20)12-22-17-4-2-3-16-15(17)5-7-18-16/h2-5,7,13-14,18,20H,6,8-12H2,1H3. The first-order valence-electron chi connectivity index (χ1n) is 7.85. The van der Waals surface area contributed by atoms with E-state index in [2.05, 4.69) is 9.88 Å². The van der Waals surface area contributed by atoms with Gasteiger partial charge in [0.1, 0.15) is 18.5 Å². The van der Waals surface area contributed by atoms with Crippen LogP contribution in [0.3, 0.4) is 0 Å². The highest BCUT2D eigenvalue weighted by Gasteiger charge is 2.19. The lowest BCUT2D eigenvalue weighted by molar-refractivity contribution is 0.0710. The van der Waals surface area contributed by atoms with Crippen LogP contribution in [0.4, 0.5) is 0 Å². The fraction of sp³-hybridized carbons (Fsp3) is 0.529. The fourth-order valence-electron chi connectivity index (χ4n) is 3.02. The predicted octanol–water partition coefficient (Wildman–Crippen LogP) is 1.88. The van der Waals surface area contributed by atoms with Crippen molar-refractivity contribution in [3.63, 3.8) is 0 Å². The van der Waals surface area contributed by atoms with Gasteiger partial charge >= 0.3 is 0 Å². The van der Waals surface area contributed by atoms with Crippen LogP contribution in [0.1, 0.15) is 6.42 Å². The smallest absolute Gasteiger partial charge is 0.128 e. The number of fused-ring (bicyclic) bond motifs is 1. The van der Waals surface area contributed by atoms with Crippen LogP contribution < -0.4 is 4.74 Å². The molecule has 1 aliphatic heterocycles. The molecule has 0 aliphatic carbocycles. The second-order valence-corrected chi connectivity index (χ2v) is 6.11. The van der Waals surface area contributed by atoms with Crippen LogP contribution in [0, 0.1) is 5.92 Å². The van der Waals surface area contributed by atoms with E-state index >= 15 is 0 Å². The van der Waals surface area contributed by atoms with Gasteiger partial charge in [-0.2, -0.15) is 0 Å². The molecule has 0 saturated carbocycles. The number of aromatic nitrogens is 1. The lowest BCUT2D eigenvalue weighted by atomic mass is 10.1. The van der Waals surface area contributed by atoms with E-state index in [0.717, 1.165) is 42.8 Å². The van der Waals surface area contributed by atoms with Crippen LogP contribution in [0.25, 0.3) is 10.9 Å². The molecule has 1 aliphatic rings. The molecule has 22 heavy (non-hydrogen) atoms. The van der Waals surface area contributed by atoms with E-state index in [1.807, 2.05) is 37.5 Å². The van der Waals surface area contributed by atoms with Crippen molar-refractivity contribution < 1.29 is 14.6 Å². The Kier molecular flexibility index (Phi) is 4.97. The molecule has 1 aromatic heterocycles. The topological polar surface area (TPSA) is 57.7 Å². The predicted molar refractivity (Wildman–Crippen MR) is 86.2 cm³/mol. The van der Waals surface area contributed by atoms with E-state index in [4.69, 9.17) is 9.47 Å². The zero-order valence-electron chi connectivity index (χ0n) is 13.0. The van der Waals surface area contributed by atoms with E-state index < -0.39 is 6.10 Å². The number of hydrogen-bond acceptors (Lipinski definition) is 4. The molecule has 5 heteroatoms. The Labute approximate surface area is 130 Å². The summed E-state index contributed by atoms with van der Waals surface area (Å²) in [7, 11) is 2.04. The number of likely N-dealkylation sites (N-methyl/N-ethyl adjacent to an activating group) is 1. The number of aromatic amines is 1. The van der Waals surface area contributed by atoms with E-state index in [1.165, 1.54) is 0 Å². The van der Waals surface area contributed by atoms with Gasteiger partial charge in [0, 0.05) is 36.8 Å². The monoisotopic (exact) mass is 304 g/mol. The number of benzene rings is 1. The minimum Gasteiger partial charge on any atom is -0.490 e. The summed E-state index contributed by atoms with van der Waals surface area (Å²) in [6.07, 6.45) is 2.51. The molecule has 3 rings (SSSR count). The molecule has 0 spiro atoms. The highest BCUT2D eigenvalue weighted by molar-refractivity contribution is 5.85. The number of hydrogen-bond donors (Lipinski definition) is 2. The molecule has 0 amide bonds. The molecule has 2 aromatic rings. The van der Waals surface area contributed by atoms with Crippen molar-refractivity contribution in [2.45, 2.75) is 12.5 Å². The molecule has 0 bridgehead atoms. The van der Waals surface area contributed by atoms with E-state index in [1.54, 1.807) is 0 Å². The summed E-state index contributed by atoms with van der Waals surface area (Å²) < 4.78 is 11.2. The van der Waals surface area contributed by atoms with Crippen LogP contribution in [-0.2, 0) is 4.74 Å². The molecule has 2 atom stereocenters. The first kappa shape index (κ1) is 15.3. The number of H-pyrrole nitrogens is 1. The molecule has 1 aromatic carbocycles. The lowest BCUT2D eigenvalue weighted by Crippen LogP contribution is -2.36. The summed E-state index contributed by atoms with van der Waals surface area (Å²) in [4.78, 5) is 5.31. The Morgan fingerprint density at radius 2 is 2.36 bits per heavy atom. The van der Waals surface area contributed by atoms with Gasteiger partial charge in [-0.05, 0) is 37.6 Å². The van der Waals surface area contributed by atoms with Gasteiger partial charge in [0.05, 0.1) is 6.61 Å². The largest absolute Gasteiger partial charge is 0.490 e. The molecule has 0 radical (unpaired) electrons. The summed E-state index contributed by atoms with van der Waals surface area (Å²) in [5.74, 6) is 1.40. The summed E-state index contributed by atoms with van der Waals surface area (Å²) in [5, 5.41) is 11.2. The van der Waals surface area contributed by atoms with Crippen LogP contribution in [0.5, 0.6) is 5.75 Å². The summed E-state index contributed by atoms with van der Waals surface area (Å²) in [5.41, 5.74) is 1.05. The maximum Gasteiger partial charge on any atom is 0.128 e. The van der Waals surface area contributed by atoms with Gasteiger partial charge in [0.2, 0.25) is 0 Å². The average Bonchev–Trinajstić information content (AvgIpc) is 3.15. The highest BCUT2D eigenvalue weighted by atomic mass is 16.5. The molecule has 120 valence electrons. The molecule has 2 heterocycles. The zero-order chi connectivity index (χ0) is 15.4.